The Morgan fingerprint density at radius 1 is 0.833 bits per heavy atom. The minimum atomic E-state index is 0.306. The van der Waals surface area contributed by atoms with Crippen molar-refractivity contribution >= 4 is 23.0 Å². The molecule has 142 valence electrons. The average Bonchev–Trinajstić information content (AvgIpc) is 3.40. The molecule has 0 saturated heterocycles. The van der Waals surface area contributed by atoms with E-state index in [0.717, 1.165) is 33.2 Å². The van der Waals surface area contributed by atoms with Gasteiger partial charge in [0.15, 0.2) is 0 Å². The lowest BCUT2D eigenvalue weighted by atomic mass is 9.98. The Morgan fingerprint density at radius 2 is 1.50 bits per heavy atom. The molecule has 5 aromatic rings. The van der Waals surface area contributed by atoms with Crippen LogP contribution in [0.3, 0.4) is 0 Å². The van der Waals surface area contributed by atoms with Crippen molar-refractivity contribution in [1.82, 2.24) is 4.98 Å². The van der Waals surface area contributed by atoms with Gasteiger partial charge in [-0.25, -0.2) is 4.99 Å². The molecule has 4 heteroatoms. The molecular weight excluding hydrogens is 370 g/mol. The third-order valence-electron chi connectivity index (χ3n) is 5.04. The molecular formula is C26H17N3O. The highest BCUT2D eigenvalue weighted by Crippen LogP contribution is 2.42. The number of aromatic amines is 1. The second-order valence-electron chi connectivity index (χ2n) is 6.88. The van der Waals surface area contributed by atoms with Gasteiger partial charge in [-0.1, -0.05) is 78.9 Å². The van der Waals surface area contributed by atoms with E-state index in [4.69, 9.17) is 4.42 Å². The minimum absolute atomic E-state index is 0.306. The van der Waals surface area contributed by atoms with Crippen molar-refractivity contribution in [2.45, 2.75) is 0 Å². The third kappa shape index (κ3) is 3.09. The molecule has 2 heterocycles. The number of aliphatic imine (C=N–C) groups is 1. The van der Waals surface area contributed by atoms with Crippen molar-refractivity contribution in [2.24, 2.45) is 4.99 Å². The van der Waals surface area contributed by atoms with Gasteiger partial charge in [0.05, 0.1) is 0 Å². The standard InChI is InChI=1S/C26H17N3O/c27-15-22-24(18-9-3-1-4-10-18)25(19-11-5-2-6-12-19)30-26(22)29-17-20-16-28-23-14-8-7-13-21(20)23/h1-14,16-17,28H. The number of nitrogens with one attached hydrogen (secondary N) is 1. The molecule has 30 heavy (non-hydrogen) atoms. The number of fused-ring (bicyclic) bond motifs is 1. The molecule has 0 aliphatic rings. The normalized spacial score (nSPS) is 11.2. The topological polar surface area (TPSA) is 65.1 Å². The van der Waals surface area contributed by atoms with E-state index in [1.165, 1.54) is 0 Å². The number of aromatic nitrogens is 1. The maximum Gasteiger partial charge on any atom is 0.238 e. The van der Waals surface area contributed by atoms with Crippen molar-refractivity contribution in [3.8, 4) is 28.5 Å². The van der Waals surface area contributed by atoms with Gasteiger partial charge in [0, 0.05) is 40.0 Å². The molecule has 2 aromatic heterocycles. The predicted molar refractivity (Wildman–Crippen MR) is 120 cm³/mol. The van der Waals surface area contributed by atoms with E-state index in [-0.39, 0.29) is 0 Å². The van der Waals surface area contributed by atoms with Crippen molar-refractivity contribution in [3.05, 3.63) is 102 Å². The molecule has 0 amide bonds. The van der Waals surface area contributed by atoms with Crippen LogP contribution >= 0.6 is 0 Å². The summed E-state index contributed by atoms with van der Waals surface area (Å²) in [5.74, 6) is 0.949. The zero-order valence-corrected chi connectivity index (χ0v) is 16.0. The third-order valence-corrected chi connectivity index (χ3v) is 5.04. The number of rotatable bonds is 4. The Morgan fingerprint density at radius 3 is 2.23 bits per heavy atom. The SMILES string of the molecule is N#Cc1c(N=Cc2c[nH]c3ccccc23)oc(-c2ccccc2)c1-c1ccccc1. The Balaban J connectivity index is 1.68. The molecule has 0 spiro atoms. The summed E-state index contributed by atoms with van der Waals surface area (Å²) in [4.78, 5) is 7.80. The first kappa shape index (κ1) is 17.7. The number of nitrogens with zero attached hydrogens (tertiary/aromatic N) is 2. The van der Waals surface area contributed by atoms with Gasteiger partial charge in [0.2, 0.25) is 5.88 Å². The predicted octanol–water partition coefficient (Wildman–Crippen LogP) is 6.72. The highest BCUT2D eigenvalue weighted by atomic mass is 16.4. The van der Waals surface area contributed by atoms with Crippen LogP contribution in [0.2, 0.25) is 0 Å². The molecule has 0 radical (unpaired) electrons. The quantitative estimate of drug-likeness (QED) is 0.348. The molecule has 0 atom stereocenters. The summed E-state index contributed by atoms with van der Waals surface area (Å²) in [5, 5.41) is 11.0. The van der Waals surface area contributed by atoms with Gasteiger partial charge in [-0.05, 0) is 11.6 Å². The van der Waals surface area contributed by atoms with Crippen LogP contribution in [0.1, 0.15) is 11.1 Å². The van der Waals surface area contributed by atoms with Crippen LogP contribution in [-0.4, -0.2) is 11.2 Å². The van der Waals surface area contributed by atoms with E-state index in [1.54, 1.807) is 6.21 Å². The number of nitriles is 1. The lowest BCUT2D eigenvalue weighted by Gasteiger charge is -2.03. The monoisotopic (exact) mass is 387 g/mol. The van der Waals surface area contributed by atoms with Gasteiger partial charge in [-0.2, -0.15) is 5.26 Å². The largest absolute Gasteiger partial charge is 0.436 e. The summed E-state index contributed by atoms with van der Waals surface area (Å²) < 4.78 is 6.16. The molecule has 3 aromatic carbocycles. The molecule has 0 bridgehead atoms. The lowest BCUT2D eigenvalue weighted by molar-refractivity contribution is 0.593. The molecule has 0 aliphatic heterocycles. The summed E-state index contributed by atoms with van der Waals surface area (Å²) >= 11 is 0. The van der Waals surface area contributed by atoms with Gasteiger partial charge in [-0.3, -0.25) is 0 Å². The van der Waals surface area contributed by atoms with Gasteiger partial charge in [0.25, 0.3) is 0 Å². The molecule has 0 fully saturated rings. The maximum absolute atomic E-state index is 9.96. The molecule has 4 nitrogen and oxygen atoms in total. The highest BCUT2D eigenvalue weighted by Gasteiger charge is 2.22. The second kappa shape index (κ2) is 7.57. The summed E-state index contributed by atoms with van der Waals surface area (Å²) in [6.07, 6.45) is 3.64. The fourth-order valence-electron chi connectivity index (χ4n) is 3.62. The second-order valence-corrected chi connectivity index (χ2v) is 6.88. The fraction of sp³-hybridized carbons (Fsp3) is 0. The van der Waals surface area contributed by atoms with Crippen LogP contribution in [0.25, 0.3) is 33.4 Å². The average molecular weight is 387 g/mol. The van der Waals surface area contributed by atoms with E-state index in [9.17, 15) is 5.26 Å². The zero-order chi connectivity index (χ0) is 20.3. The van der Waals surface area contributed by atoms with Gasteiger partial charge in [0.1, 0.15) is 17.4 Å². The van der Waals surface area contributed by atoms with Gasteiger partial charge in [-0.15, -0.1) is 0 Å². The Labute approximate surface area is 173 Å². The minimum Gasteiger partial charge on any atom is -0.436 e. The van der Waals surface area contributed by atoms with Crippen LogP contribution < -0.4 is 0 Å². The van der Waals surface area contributed by atoms with Crippen LogP contribution in [0.5, 0.6) is 0 Å². The molecule has 0 saturated carbocycles. The van der Waals surface area contributed by atoms with E-state index in [2.05, 4.69) is 16.0 Å². The number of hydrogen-bond acceptors (Lipinski definition) is 3. The first-order chi connectivity index (χ1) is 14.8. The lowest BCUT2D eigenvalue weighted by Crippen LogP contribution is -1.83. The summed E-state index contributed by atoms with van der Waals surface area (Å²) in [6.45, 7) is 0. The fourth-order valence-corrected chi connectivity index (χ4v) is 3.62. The first-order valence-corrected chi connectivity index (χ1v) is 9.63. The van der Waals surface area contributed by atoms with Gasteiger partial charge >= 0.3 is 0 Å². The van der Waals surface area contributed by atoms with Crippen LogP contribution in [0.4, 0.5) is 5.88 Å². The number of hydrogen-bond donors (Lipinski definition) is 1. The molecule has 5 rings (SSSR count). The number of para-hydroxylation sites is 1. The summed E-state index contributed by atoms with van der Waals surface area (Å²) in [7, 11) is 0. The molecule has 1 N–H and O–H groups in total. The van der Waals surface area contributed by atoms with Gasteiger partial charge < -0.3 is 9.40 Å². The molecule has 0 aliphatic carbocycles. The number of H-pyrrole nitrogens is 1. The Kier molecular flexibility index (Phi) is 4.47. The van der Waals surface area contributed by atoms with E-state index in [0.29, 0.717) is 17.2 Å². The van der Waals surface area contributed by atoms with Crippen LogP contribution in [0.15, 0.2) is 101 Å². The van der Waals surface area contributed by atoms with Crippen LogP contribution in [0, 0.1) is 11.3 Å². The van der Waals surface area contributed by atoms with Crippen molar-refractivity contribution < 1.29 is 4.42 Å². The van der Waals surface area contributed by atoms with Crippen LogP contribution in [-0.2, 0) is 0 Å². The number of benzene rings is 3. The van der Waals surface area contributed by atoms with E-state index < -0.39 is 0 Å². The van der Waals surface area contributed by atoms with E-state index >= 15 is 0 Å². The van der Waals surface area contributed by atoms with Crippen molar-refractivity contribution in [2.75, 3.05) is 0 Å². The van der Waals surface area contributed by atoms with E-state index in [1.807, 2.05) is 91.1 Å². The smallest absolute Gasteiger partial charge is 0.238 e. The Hall–Kier alpha value is -4.36. The summed E-state index contributed by atoms with van der Waals surface area (Å²) in [6, 6.07) is 29.9. The molecule has 0 unspecified atom stereocenters. The Bertz CT molecular complexity index is 1390. The zero-order valence-electron chi connectivity index (χ0n) is 16.0. The maximum atomic E-state index is 9.96. The van der Waals surface area contributed by atoms with Crippen molar-refractivity contribution in [1.29, 1.82) is 5.26 Å². The summed E-state index contributed by atoms with van der Waals surface area (Å²) in [5.41, 5.74) is 4.99. The van der Waals surface area contributed by atoms with Crippen molar-refractivity contribution in [3.63, 3.8) is 0 Å². The first-order valence-electron chi connectivity index (χ1n) is 9.63. The number of furan rings is 1. The highest BCUT2D eigenvalue weighted by molar-refractivity contribution is 6.00.